The summed E-state index contributed by atoms with van der Waals surface area (Å²) in [6.45, 7) is 1.98. The first-order valence-corrected chi connectivity index (χ1v) is 3.57. The van der Waals surface area contributed by atoms with Gasteiger partial charge < -0.3 is 5.32 Å². The van der Waals surface area contributed by atoms with Crippen molar-refractivity contribution in [1.29, 1.82) is 0 Å². The van der Waals surface area contributed by atoms with E-state index in [1.165, 1.54) is 0 Å². The summed E-state index contributed by atoms with van der Waals surface area (Å²) < 4.78 is 0. The normalized spacial score (nSPS) is 13.2. The zero-order valence-electron chi connectivity index (χ0n) is 6.85. The van der Waals surface area contributed by atoms with Gasteiger partial charge in [0.25, 0.3) is 0 Å². The number of aryl methyl sites for hydroxylation is 1. The largest absolute Gasteiger partial charge is 0.379 e. The average Bonchev–Trinajstić information content (AvgIpc) is 2.27. The van der Waals surface area contributed by atoms with Crippen molar-refractivity contribution in [3.63, 3.8) is 0 Å². The van der Waals surface area contributed by atoms with Gasteiger partial charge in [0, 0.05) is 39.1 Å². The van der Waals surface area contributed by atoms with Gasteiger partial charge in [0.2, 0.25) is 5.91 Å². The predicted molar refractivity (Wildman–Crippen MR) is 42.3 cm³/mol. The van der Waals surface area contributed by atoms with Crippen LogP contribution in [0.3, 0.4) is 0 Å². The maximum Gasteiger partial charge on any atom is 0.215 e. The minimum atomic E-state index is 0. The number of anilines is 1. The van der Waals surface area contributed by atoms with Crippen LogP contribution in [0.2, 0.25) is 0 Å². The molecule has 0 unspecified atom stereocenters. The molecule has 0 fully saturated rings. The number of fused-ring (bicyclic) bond motifs is 1. The van der Waals surface area contributed by atoms with Gasteiger partial charge in [0.15, 0.2) is 0 Å². The molecule has 1 aromatic carbocycles. The zero-order valence-corrected chi connectivity index (χ0v) is 9.69. The molecule has 0 aromatic heterocycles. The monoisotopic (exact) mass is 235 g/mol. The molecule has 0 saturated heterocycles. The Morgan fingerprint density at radius 3 is 3.08 bits per heavy atom. The van der Waals surface area contributed by atoms with Gasteiger partial charge in [-0.25, -0.2) is 0 Å². The molecular formula is C9H8NOY-. The number of rotatable bonds is 0. The third-order valence-electron chi connectivity index (χ3n) is 1.81. The summed E-state index contributed by atoms with van der Waals surface area (Å²) in [5, 5.41) is 2.75. The van der Waals surface area contributed by atoms with Crippen molar-refractivity contribution in [2.75, 3.05) is 5.32 Å². The summed E-state index contributed by atoms with van der Waals surface area (Å²) in [7, 11) is 0. The summed E-state index contributed by atoms with van der Waals surface area (Å²) in [6.07, 6.45) is 0.519. The summed E-state index contributed by atoms with van der Waals surface area (Å²) in [5.74, 6) is 0.0824. The fourth-order valence-corrected chi connectivity index (χ4v) is 1.29. The number of hydrogen-bond donors (Lipinski definition) is 1. The van der Waals surface area contributed by atoms with Crippen LogP contribution in [0.15, 0.2) is 12.1 Å². The Hall–Kier alpha value is -0.206. The molecule has 59 valence electrons. The molecule has 0 bridgehead atoms. The first-order valence-electron chi connectivity index (χ1n) is 3.57. The number of carbonyl (C=O) groups excluding carboxylic acids is 1. The number of amides is 1. The molecule has 0 atom stereocenters. The number of benzene rings is 1. The van der Waals surface area contributed by atoms with E-state index < -0.39 is 0 Å². The standard InChI is InChI=1S/C9H8NO.Y/c1-6-2-3-8-7(4-6)5-9(11)10-8;/h3-4H,5H2,1H3,(H,10,11);/q-1;. The van der Waals surface area contributed by atoms with E-state index in [4.69, 9.17) is 0 Å². The number of carbonyl (C=O) groups is 1. The van der Waals surface area contributed by atoms with E-state index in [1.54, 1.807) is 0 Å². The van der Waals surface area contributed by atoms with E-state index in [1.807, 2.05) is 19.1 Å². The molecule has 0 aliphatic carbocycles. The van der Waals surface area contributed by atoms with Gasteiger partial charge in [-0.3, -0.25) is 4.79 Å². The topological polar surface area (TPSA) is 29.1 Å². The Kier molecular flexibility index (Phi) is 3.02. The molecule has 0 saturated carbocycles. The van der Waals surface area contributed by atoms with E-state index in [0.717, 1.165) is 16.8 Å². The summed E-state index contributed by atoms with van der Waals surface area (Å²) in [6, 6.07) is 6.86. The van der Waals surface area contributed by atoms with Crippen LogP contribution in [0.4, 0.5) is 5.69 Å². The molecule has 2 rings (SSSR count). The van der Waals surface area contributed by atoms with Crippen LogP contribution in [-0.2, 0) is 43.9 Å². The van der Waals surface area contributed by atoms with E-state index in [9.17, 15) is 4.79 Å². The first-order chi connectivity index (χ1) is 5.25. The van der Waals surface area contributed by atoms with Crippen LogP contribution in [-0.4, -0.2) is 5.91 Å². The molecule has 1 radical (unpaired) electrons. The maximum atomic E-state index is 10.9. The Labute approximate surface area is 96.6 Å². The second-order valence-electron chi connectivity index (χ2n) is 2.78. The van der Waals surface area contributed by atoms with E-state index in [-0.39, 0.29) is 38.6 Å². The smallest absolute Gasteiger partial charge is 0.215 e. The van der Waals surface area contributed by atoms with Gasteiger partial charge in [-0.05, 0) is 0 Å². The van der Waals surface area contributed by atoms with Crippen molar-refractivity contribution < 1.29 is 37.5 Å². The third-order valence-corrected chi connectivity index (χ3v) is 1.81. The minimum absolute atomic E-state index is 0. The maximum absolute atomic E-state index is 10.9. The Morgan fingerprint density at radius 1 is 1.58 bits per heavy atom. The second-order valence-corrected chi connectivity index (χ2v) is 2.78. The quantitative estimate of drug-likeness (QED) is 0.674. The predicted octanol–water partition coefficient (Wildman–Crippen LogP) is 1.29. The van der Waals surface area contributed by atoms with Crippen molar-refractivity contribution in [3.8, 4) is 0 Å². The molecule has 0 spiro atoms. The van der Waals surface area contributed by atoms with Crippen LogP contribution in [0.25, 0.3) is 0 Å². The Bertz CT molecular complexity index is 322. The minimum Gasteiger partial charge on any atom is -0.379 e. The third kappa shape index (κ3) is 1.75. The Balaban J connectivity index is 0.000000720. The zero-order chi connectivity index (χ0) is 7.84. The SMILES string of the molecule is Cc1[c-]cc2c(c1)CC(=O)N2.[Y]. The molecule has 1 aliphatic rings. The molecule has 1 heterocycles. The van der Waals surface area contributed by atoms with Gasteiger partial charge in [0.1, 0.15) is 0 Å². The molecule has 1 amide bonds. The van der Waals surface area contributed by atoms with Crippen LogP contribution in [0.5, 0.6) is 0 Å². The van der Waals surface area contributed by atoms with Gasteiger partial charge in [-0.1, -0.05) is 12.6 Å². The van der Waals surface area contributed by atoms with Crippen molar-refractivity contribution in [2.45, 2.75) is 13.3 Å². The molecular weight excluding hydrogens is 227 g/mol. The number of nitrogens with one attached hydrogen (secondary N) is 1. The van der Waals surface area contributed by atoms with Gasteiger partial charge >= 0.3 is 0 Å². The average molecular weight is 235 g/mol. The molecule has 12 heavy (non-hydrogen) atoms. The van der Waals surface area contributed by atoms with Gasteiger partial charge in [-0.2, -0.15) is 23.8 Å². The molecule has 1 aliphatic heterocycles. The van der Waals surface area contributed by atoms with E-state index in [2.05, 4.69) is 11.4 Å². The molecule has 2 nitrogen and oxygen atoms in total. The fraction of sp³-hybridized carbons (Fsp3) is 0.222. The van der Waals surface area contributed by atoms with Crippen molar-refractivity contribution in [1.82, 2.24) is 0 Å². The van der Waals surface area contributed by atoms with Crippen LogP contribution in [0.1, 0.15) is 11.1 Å². The summed E-state index contributed by atoms with van der Waals surface area (Å²) in [4.78, 5) is 10.9. The van der Waals surface area contributed by atoms with Crippen LogP contribution in [0, 0.1) is 13.0 Å². The van der Waals surface area contributed by atoms with Crippen molar-refractivity contribution in [3.05, 3.63) is 29.3 Å². The second kappa shape index (κ2) is 3.67. The van der Waals surface area contributed by atoms with Crippen LogP contribution >= 0.6 is 0 Å². The van der Waals surface area contributed by atoms with Crippen molar-refractivity contribution in [2.24, 2.45) is 0 Å². The molecule has 3 heteroatoms. The number of hydrogen-bond acceptors (Lipinski definition) is 1. The molecule has 1 N–H and O–H groups in total. The van der Waals surface area contributed by atoms with E-state index in [0.29, 0.717) is 6.42 Å². The molecule has 1 aromatic rings. The first kappa shape index (κ1) is 9.88. The van der Waals surface area contributed by atoms with Crippen molar-refractivity contribution >= 4 is 11.6 Å². The van der Waals surface area contributed by atoms with E-state index >= 15 is 0 Å². The summed E-state index contributed by atoms with van der Waals surface area (Å²) >= 11 is 0. The van der Waals surface area contributed by atoms with Gasteiger partial charge in [-0.15, -0.1) is 5.56 Å². The summed E-state index contributed by atoms with van der Waals surface area (Å²) in [5.41, 5.74) is 3.09. The van der Waals surface area contributed by atoms with Gasteiger partial charge in [0.05, 0.1) is 0 Å². The Morgan fingerprint density at radius 2 is 2.33 bits per heavy atom. The fourth-order valence-electron chi connectivity index (χ4n) is 1.29. The van der Waals surface area contributed by atoms with Crippen LogP contribution < -0.4 is 5.32 Å².